The number of carbonyl (C=O) groups excluding carboxylic acids is 2. The Labute approximate surface area is 84.4 Å². The molecule has 82 valence electrons. The standard InChI is InChI=1S/C9H19N3O2/c1-11-5-3-2-4-8(10)9(14)12-6-7-13/h7-8,11H,2-6,10H2,1H3,(H,12,14). The molecule has 0 aliphatic rings. The Balaban J connectivity index is 3.46. The van der Waals surface area contributed by atoms with Gasteiger partial charge in [0.15, 0.2) is 0 Å². The van der Waals surface area contributed by atoms with Crippen LogP contribution in [0.15, 0.2) is 0 Å². The van der Waals surface area contributed by atoms with Crippen molar-refractivity contribution >= 4 is 12.2 Å². The number of aldehydes is 1. The first kappa shape index (κ1) is 13.1. The molecule has 0 aromatic heterocycles. The lowest BCUT2D eigenvalue weighted by Crippen LogP contribution is -2.41. The van der Waals surface area contributed by atoms with Gasteiger partial charge in [-0.15, -0.1) is 0 Å². The van der Waals surface area contributed by atoms with Gasteiger partial charge in [-0.1, -0.05) is 6.42 Å². The van der Waals surface area contributed by atoms with Crippen molar-refractivity contribution in [1.29, 1.82) is 0 Å². The molecule has 0 rings (SSSR count). The van der Waals surface area contributed by atoms with Gasteiger partial charge >= 0.3 is 0 Å². The molecule has 5 heteroatoms. The highest BCUT2D eigenvalue weighted by molar-refractivity contribution is 5.83. The number of unbranched alkanes of at least 4 members (excludes halogenated alkanes) is 1. The maximum atomic E-state index is 11.2. The fourth-order valence-corrected chi connectivity index (χ4v) is 1.07. The van der Waals surface area contributed by atoms with E-state index in [0.717, 1.165) is 19.4 Å². The Kier molecular flexibility index (Phi) is 8.07. The van der Waals surface area contributed by atoms with Gasteiger partial charge in [-0.3, -0.25) is 4.79 Å². The second-order valence-electron chi connectivity index (χ2n) is 3.12. The van der Waals surface area contributed by atoms with Gasteiger partial charge in [0, 0.05) is 0 Å². The minimum absolute atomic E-state index is 0.0447. The van der Waals surface area contributed by atoms with Crippen LogP contribution < -0.4 is 16.4 Å². The fourth-order valence-electron chi connectivity index (χ4n) is 1.07. The van der Waals surface area contributed by atoms with Gasteiger partial charge in [0.25, 0.3) is 0 Å². The third-order valence-corrected chi connectivity index (χ3v) is 1.89. The molecule has 0 heterocycles. The third-order valence-electron chi connectivity index (χ3n) is 1.89. The zero-order valence-electron chi connectivity index (χ0n) is 8.58. The summed E-state index contributed by atoms with van der Waals surface area (Å²) < 4.78 is 0. The summed E-state index contributed by atoms with van der Waals surface area (Å²) in [6.07, 6.45) is 3.22. The second kappa shape index (κ2) is 8.65. The van der Waals surface area contributed by atoms with E-state index in [0.29, 0.717) is 12.7 Å². The van der Waals surface area contributed by atoms with E-state index in [1.165, 1.54) is 0 Å². The lowest BCUT2D eigenvalue weighted by Gasteiger charge is -2.10. The number of amides is 1. The smallest absolute Gasteiger partial charge is 0.237 e. The first-order valence-corrected chi connectivity index (χ1v) is 4.84. The lowest BCUT2D eigenvalue weighted by atomic mass is 10.1. The molecule has 0 spiro atoms. The van der Waals surface area contributed by atoms with Gasteiger partial charge in [0.1, 0.15) is 6.29 Å². The molecule has 4 N–H and O–H groups in total. The number of nitrogens with two attached hydrogens (primary N) is 1. The summed E-state index contributed by atoms with van der Waals surface area (Å²) in [5.74, 6) is -0.249. The minimum atomic E-state index is -0.494. The Hall–Kier alpha value is -0.940. The van der Waals surface area contributed by atoms with Crippen LogP contribution in [0.2, 0.25) is 0 Å². The van der Waals surface area contributed by atoms with Crippen LogP contribution in [0.25, 0.3) is 0 Å². The highest BCUT2D eigenvalue weighted by Gasteiger charge is 2.11. The summed E-state index contributed by atoms with van der Waals surface area (Å²) in [7, 11) is 1.89. The SMILES string of the molecule is CNCCCCC(N)C(=O)NCC=O. The topological polar surface area (TPSA) is 84.2 Å². The van der Waals surface area contributed by atoms with Gasteiger partial charge in [-0.05, 0) is 26.4 Å². The van der Waals surface area contributed by atoms with Crippen LogP contribution in [0, 0.1) is 0 Å². The molecule has 0 radical (unpaired) electrons. The largest absolute Gasteiger partial charge is 0.348 e. The van der Waals surface area contributed by atoms with Crippen LogP contribution in [0.5, 0.6) is 0 Å². The minimum Gasteiger partial charge on any atom is -0.348 e. The summed E-state index contributed by atoms with van der Waals surface area (Å²) in [6.45, 7) is 0.978. The van der Waals surface area contributed by atoms with Crippen LogP contribution in [0.4, 0.5) is 0 Å². The molecule has 0 saturated carbocycles. The molecule has 14 heavy (non-hydrogen) atoms. The van der Waals surface area contributed by atoms with Crippen LogP contribution in [0.3, 0.4) is 0 Å². The lowest BCUT2D eigenvalue weighted by molar-refractivity contribution is -0.123. The average molecular weight is 201 g/mol. The van der Waals surface area contributed by atoms with Crippen molar-refractivity contribution in [3.8, 4) is 0 Å². The van der Waals surface area contributed by atoms with Crippen molar-refractivity contribution in [3.05, 3.63) is 0 Å². The number of nitrogens with one attached hydrogen (secondary N) is 2. The van der Waals surface area contributed by atoms with Crippen molar-refractivity contribution in [3.63, 3.8) is 0 Å². The molecule has 0 fully saturated rings. The molecule has 0 aromatic carbocycles. The summed E-state index contributed by atoms with van der Waals surface area (Å²) in [4.78, 5) is 21.1. The number of hydrogen-bond donors (Lipinski definition) is 3. The van der Waals surface area contributed by atoms with Crippen molar-refractivity contribution in [2.45, 2.75) is 25.3 Å². The zero-order chi connectivity index (χ0) is 10.8. The van der Waals surface area contributed by atoms with Crippen molar-refractivity contribution in [2.75, 3.05) is 20.1 Å². The van der Waals surface area contributed by atoms with E-state index < -0.39 is 6.04 Å². The number of rotatable bonds is 8. The Bertz CT molecular complexity index is 173. The van der Waals surface area contributed by atoms with Crippen LogP contribution in [0.1, 0.15) is 19.3 Å². The maximum absolute atomic E-state index is 11.2. The van der Waals surface area contributed by atoms with Gasteiger partial charge in [-0.25, -0.2) is 0 Å². The molecule has 0 saturated heterocycles. The van der Waals surface area contributed by atoms with E-state index in [-0.39, 0.29) is 12.5 Å². The molecule has 1 amide bonds. The summed E-state index contributed by atoms with van der Waals surface area (Å²) in [5, 5.41) is 5.44. The Morgan fingerprint density at radius 2 is 2.21 bits per heavy atom. The first-order chi connectivity index (χ1) is 6.72. The van der Waals surface area contributed by atoms with Gasteiger partial charge < -0.3 is 21.2 Å². The van der Waals surface area contributed by atoms with Gasteiger partial charge in [0.05, 0.1) is 12.6 Å². The molecule has 0 aromatic rings. The van der Waals surface area contributed by atoms with Crippen LogP contribution in [-0.2, 0) is 9.59 Å². The third kappa shape index (κ3) is 6.56. The summed E-state index contributed by atoms with van der Waals surface area (Å²) in [6, 6.07) is -0.494. The van der Waals surface area contributed by atoms with Gasteiger partial charge in [-0.2, -0.15) is 0 Å². The molecule has 5 nitrogen and oxygen atoms in total. The molecule has 0 bridgehead atoms. The zero-order valence-corrected chi connectivity index (χ0v) is 8.58. The fraction of sp³-hybridized carbons (Fsp3) is 0.778. The molecule has 1 unspecified atom stereocenters. The monoisotopic (exact) mass is 201 g/mol. The molecule has 1 atom stereocenters. The quantitative estimate of drug-likeness (QED) is 0.348. The molecule has 0 aliphatic heterocycles. The van der Waals surface area contributed by atoms with E-state index in [1.54, 1.807) is 0 Å². The molecular weight excluding hydrogens is 182 g/mol. The predicted octanol–water partition coefficient (Wildman–Crippen LogP) is -0.981. The van der Waals surface area contributed by atoms with Crippen molar-refractivity contribution in [2.24, 2.45) is 5.73 Å². The second-order valence-corrected chi connectivity index (χ2v) is 3.12. The maximum Gasteiger partial charge on any atom is 0.237 e. The molecular formula is C9H19N3O2. The van der Waals surface area contributed by atoms with Crippen molar-refractivity contribution < 1.29 is 9.59 Å². The summed E-state index contributed by atoms with van der Waals surface area (Å²) in [5.41, 5.74) is 5.59. The number of carbonyl (C=O) groups is 2. The van der Waals surface area contributed by atoms with E-state index >= 15 is 0 Å². The Morgan fingerprint density at radius 3 is 2.79 bits per heavy atom. The van der Waals surface area contributed by atoms with Gasteiger partial charge in [0.2, 0.25) is 5.91 Å². The van der Waals surface area contributed by atoms with E-state index in [1.807, 2.05) is 7.05 Å². The normalized spacial score (nSPS) is 12.1. The van der Waals surface area contributed by atoms with Crippen molar-refractivity contribution in [1.82, 2.24) is 10.6 Å². The number of hydrogen-bond acceptors (Lipinski definition) is 4. The van der Waals surface area contributed by atoms with Crippen LogP contribution in [-0.4, -0.2) is 38.4 Å². The average Bonchev–Trinajstić information content (AvgIpc) is 2.20. The Morgan fingerprint density at radius 1 is 1.50 bits per heavy atom. The van der Waals surface area contributed by atoms with Crippen LogP contribution >= 0.6 is 0 Å². The highest BCUT2D eigenvalue weighted by atomic mass is 16.2. The highest BCUT2D eigenvalue weighted by Crippen LogP contribution is 1.97. The first-order valence-electron chi connectivity index (χ1n) is 4.84. The van der Waals surface area contributed by atoms with E-state index in [9.17, 15) is 9.59 Å². The molecule has 0 aliphatic carbocycles. The van der Waals surface area contributed by atoms with E-state index in [2.05, 4.69) is 10.6 Å². The predicted molar refractivity (Wildman–Crippen MR) is 54.8 cm³/mol. The van der Waals surface area contributed by atoms with E-state index in [4.69, 9.17) is 5.73 Å². The summed E-state index contributed by atoms with van der Waals surface area (Å²) >= 11 is 0.